The van der Waals surface area contributed by atoms with Crippen molar-refractivity contribution in [2.45, 2.75) is 9.79 Å². The van der Waals surface area contributed by atoms with Gasteiger partial charge in [-0.25, -0.2) is 29.9 Å². The lowest BCUT2D eigenvalue weighted by molar-refractivity contribution is 0.455. The van der Waals surface area contributed by atoms with Gasteiger partial charge in [-0.15, -0.1) is 0 Å². The highest BCUT2D eigenvalue weighted by Gasteiger charge is 2.20. The molecule has 1 aliphatic heterocycles. The van der Waals surface area contributed by atoms with E-state index in [-0.39, 0.29) is 0 Å². The van der Waals surface area contributed by atoms with Gasteiger partial charge < -0.3 is 4.74 Å². The van der Waals surface area contributed by atoms with E-state index in [0.29, 0.717) is 34.9 Å². The Morgan fingerprint density at radius 1 is 0.300 bits per heavy atom. The summed E-state index contributed by atoms with van der Waals surface area (Å²) < 4.78 is 6.29. The highest BCUT2D eigenvalue weighted by Crippen LogP contribution is 2.47. The molecule has 2 aromatic heterocycles. The van der Waals surface area contributed by atoms with Gasteiger partial charge in [-0.3, -0.25) is 0 Å². The number of hydrogen-bond donors (Lipinski definition) is 0. The van der Waals surface area contributed by atoms with Gasteiger partial charge in [0.15, 0.2) is 34.9 Å². The van der Waals surface area contributed by atoms with Gasteiger partial charge in [0.1, 0.15) is 11.5 Å². The number of hydrogen-bond acceptors (Lipinski definition) is 8. The predicted molar refractivity (Wildman–Crippen MR) is 196 cm³/mol. The minimum atomic E-state index is 0.560. The van der Waals surface area contributed by atoms with E-state index in [1.54, 1.807) is 11.8 Å². The third-order valence-corrected chi connectivity index (χ3v) is 9.37. The smallest absolute Gasteiger partial charge is 0.164 e. The second kappa shape index (κ2) is 12.8. The zero-order chi connectivity index (χ0) is 33.3. The monoisotopic (exact) mass is 662 g/mol. The summed E-state index contributed by atoms with van der Waals surface area (Å²) in [7, 11) is 0. The van der Waals surface area contributed by atoms with Crippen LogP contribution in [0, 0.1) is 0 Å². The van der Waals surface area contributed by atoms with E-state index < -0.39 is 0 Å². The molecule has 7 nitrogen and oxygen atoms in total. The molecule has 0 bridgehead atoms. The first-order chi connectivity index (χ1) is 24.7. The van der Waals surface area contributed by atoms with E-state index in [1.165, 1.54) is 0 Å². The maximum absolute atomic E-state index is 6.29. The average Bonchev–Trinajstić information content (AvgIpc) is 3.20. The van der Waals surface area contributed by atoms with Crippen LogP contribution in [0.4, 0.5) is 0 Å². The molecule has 0 unspecified atom stereocenters. The lowest BCUT2D eigenvalue weighted by atomic mass is 10.1. The normalized spacial score (nSPS) is 11.7. The zero-order valence-electron chi connectivity index (χ0n) is 26.5. The minimum absolute atomic E-state index is 0.560. The Labute approximate surface area is 292 Å². The quantitative estimate of drug-likeness (QED) is 0.174. The van der Waals surface area contributed by atoms with E-state index in [1.807, 2.05) is 146 Å². The first-order valence-corrected chi connectivity index (χ1v) is 16.9. The van der Waals surface area contributed by atoms with Crippen LogP contribution in [0.5, 0.6) is 11.5 Å². The number of fused-ring (bicyclic) bond motifs is 2. The van der Waals surface area contributed by atoms with Gasteiger partial charge >= 0.3 is 0 Å². The first-order valence-electron chi connectivity index (χ1n) is 16.1. The molecule has 8 aromatic rings. The number of ether oxygens (including phenoxy) is 1. The highest BCUT2D eigenvalue weighted by molar-refractivity contribution is 7.99. The van der Waals surface area contributed by atoms with Crippen LogP contribution in [0.2, 0.25) is 0 Å². The van der Waals surface area contributed by atoms with Crippen LogP contribution < -0.4 is 4.74 Å². The third-order valence-electron chi connectivity index (χ3n) is 8.26. The van der Waals surface area contributed by atoms with Gasteiger partial charge in [-0.1, -0.05) is 139 Å². The molecule has 0 saturated carbocycles. The Kier molecular flexibility index (Phi) is 7.60. The molecule has 0 radical (unpaired) electrons. The summed E-state index contributed by atoms with van der Waals surface area (Å²) in [5, 5.41) is 0. The van der Waals surface area contributed by atoms with Crippen molar-refractivity contribution < 1.29 is 4.74 Å². The average molecular weight is 663 g/mol. The molecule has 8 heteroatoms. The zero-order valence-corrected chi connectivity index (χ0v) is 27.3. The molecule has 0 N–H and O–H groups in total. The van der Waals surface area contributed by atoms with E-state index in [0.717, 1.165) is 54.7 Å². The molecule has 236 valence electrons. The molecule has 1 aliphatic rings. The molecule has 9 rings (SSSR count). The van der Waals surface area contributed by atoms with E-state index in [2.05, 4.69) is 12.1 Å². The van der Waals surface area contributed by atoms with Crippen LogP contribution in [0.1, 0.15) is 0 Å². The number of benzene rings is 6. The minimum Gasteiger partial charge on any atom is -0.455 e. The predicted octanol–water partition coefficient (Wildman–Crippen LogP) is 10.3. The highest BCUT2D eigenvalue weighted by atomic mass is 32.2. The fraction of sp³-hybridized carbons (Fsp3) is 0. The number of nitrogens with zero attached hydrogens (tertiary/aromatic N) is 6. The standard InChI is InChI=1S/C42H26N6OS/c1-4-12-27(13-5-1)37-43-38(28-14-6-2-7-15-28)45-40(44-37)30-20-22-31(23-21-30)41-46-39(29-16-8-3-9-17-29)47-42(48-41)32-24-25-36-34(26-32)49-33-18-10-11-19-35(33)50-36/h1-26H. The molecule has 50 heavy (non-hydrogen) atoms. The van der Waals surface area contributed by atoms with Crippen molar-refractivity contribution in [1.29, 1.82) is 0 Å². The molecule has 0 aliphatic carbocycles. The SMILES string of the molecule is c1ccc(-c2nc(-c3ccccc3)nc(-c3ccc(-c4nc(-c5ccccc5)nc(-c5ccc6c(c5)Oc5ccccc5S6)n4)cc3)n2)cc1. The van der Waals surface area contributed by atoms with Crippen molar-refractivity contribution in [2.24, 2.45) is 0 Å². The molecular weight excluding hydrogens is 637 g/mol. The Morgan fingerprint density at radius 2 is 0.640 bits per heavy atom. The van der Waals surface area contributed by atoms with Crippen molar-refractivity contribution in [3.05, 3.63) is 158 Å². The van der Waals surface area contributed by atoms with Gasteiger partial charge in [-0.05, 0) is 30.3 Å². The second-order valence-corrected chi connectivity index (χ2v) is 12.7. The summed E-state index contributed by atoms with van der Waals surface area (Å²) in [5.74, 6) is 5.14. The third kappa shape index (κ3) is 5.89. The largest absolute Gasteiger partial charge is 0.455 e. The molecule has 3 heterocycles. The maximum Gasteiger partial charge on any atom is 0.164 e. The van der Waals surface area contributed by atoms with E-state index in [4.69, 9.17) is 34.6 Å². The van der Waals surface area contributed by atoms with Gasteiger partial charge in [-0.2, -0.15) is 0 Å². The van der Waals surface area contributed by atoms with Gasteiger partial charge in [0.05, 0.1) is 9.79 Å². The van der Waals surface area contributed by atoms with Crippen LogP contribution in [-0.4, -0.2) is 29.9 Å². The summed E-state index contributed by atoms with van der Waals surface area (Å²) in [4.78, 5) is 31.5. The van der Waals surface area contributed by atoms with Gasteiger partial charge in [0.2, 0.25) is 0 Å². The van der Waals surface area contributed by atoms with Crippen LogP contribution >= 0.6 is 11.8 Å². The number of para-hydroxylation sites is 1. The Hall–Kier alpha value is -6.51. The molecule has 0 fully saturated rings. The van der Waals surface area contributed by atoms with Crippen molar-refractivity contribution >= 4 is 11.8 Å². The molecule has 0 amide bonds. The Balaban J connectivity index is 1.11. The maximum atomic E-state index is 6.29. The van der Waals surface area contributed by atoms with Crippen molar-refractivity contribution in [1.82, 2.24) is 29.9 Å². The second-order valence-electron chi connectivity index (χ2n) is 11.6. The Morgan fingerprint density at radius 3 is 1.10 bits per heavy atom. The van der Waals surface area contributed by atoms with Crippen molar-refractivity contribution in [3.8, 4) is 79.8 Å². The lowest BCUT2D eigenvalue weighted by Gasteiger charge is -2.20. The van der Waals surface area contributed by atoms with Gasteiger partial charge in [0, 0.05) is 33.4 Å². The van der Waals surface area contributed by atoms with Crippen LogP contribution in [0.25, 0.3) is 68.3 Å². The molecule has 0 spiro atoms. The summed E-state index contributed by atoms with van der Waals surface area (Å²) >= 11 is 1.69. The van der Waals surface area contributed by atoms with E-state index >= 15 is 0 Å². The fourth-order valence-electron chi connectivity index (χ4n) is 5.72. The van der Waals surface area contributed by atoms with Crippen LogP contribution in [0.15, 0.2) is 168 Å². The van der Waals surface area contributed by atoms with Crippen molar-refractivity contribution in [2.75, 3.05) is 0 Å². The summed E-state index contributed by atoms with van der Waals surface area (Å²) in [6, 6.07) is 52.0. The first kappa shape index (κ1) is 29.6. The summed E-state index contributed by atoms with van der Waals surface area (Å²) in [5.41, 5.74) is 5.28. The molecular formula is C42H26N6OS. The Bertz CT molecular complexity index is 2420. The van der Waals surface area contributed by atoms with Crippen LogP contribution in [0.3, 0.4) is 0 Å². The van der Waals surface area contributed by atoms with Gasteiger partial charge in [0.25, 0.3) is 0 Å². The fourth-order valence-corrected chi connectivity index (χ4v) is 6.65. The summed E-state index contributed by atoms with van der Waals surface area (Å²) in [6.07, 6.45) is 0. The van der Waals surface area contributed by atoms with E-state index in [9.17, 15) is 0 Å². The van der Waals surface area contributed by atoms with Crippen LogP contribution in [-0.2, 0) is 0 Å². The molecule has 0 saturated heterocycles. The topological polar surface area (TPSA) is 86.6 Å². The molecule has 0 atom stereocenters. The number of aromatic nitrogens is 6. The van der Waals surface area contributed by atoms with Crippen molar-refractivity contribution in [3.63, 3.8) is 0 Å². The molecule has 6 aromatic carbocycles. The summed E-state index contributed by atoms with van der Waals surface area (Å²) in [6.45, 7) is 0. The lowest BCUT2D eigenvalue weighted by Crippen LogP contribution is -2.02. The number of rotatable bonds is 6.